The molecule has 100 valence electrons. The molecule has 1 aromatic rings. The van der Waals surface area contributed by atoms with Crippen molar-refractivity contribution in [3.05, 3.63) is 35.9 Å². The van der Waals surface area contributed by atoms with Crippen LogP contribution in [0.15, 0.2) is 30.3 Å². The third-order valence-electron chi connectivity index (χ3n) is 3.96. The quantitative estimate of drug-likeness (QED) is 0.764. The van der Waals surface area contributed by atoms with Crippen LogP contribution < -0.4 is 0 Å². The zero-order valence-electron chi connectivity index (χ0n) is 10.9. The van der Waals surface area contributed by atoms with Crippen molar-refractivity contribution in [1.82, 2.24) is 9.80 Å². The zero-order chi connectivity index (χ0) is 13.2. The van der Waals surface area contributed by atoms with Crippen molar-refractivity contribution in [2.24, 2.45) is 0 Å². The maximum Gasteiger partial charge on any atom is 0.327 e. The number of benzene rings is 1. The Morgan fingerprint density at radius 3 is 2.63 bits per heavy atom. The number of urea groups is 1. The molecule has 2 fully saturated rings. The molecular weight excluding hydrogens is 240 g/mol. The fourth-order valence-corrected chi connectivity index (χ4v) is 2.93. The van der Waals surface area contributed by atoms with Crippen LogP contribution >= 0.6 is 0 Å². The number of carbonyl (C=O) groups excluding carboxylic acids is 2. The van der Waals surface area contributed by atoms with Gasteiger partial charge in [0, 0.05) is 6.54 Å². The number of carbonyl (C=O) groups is 2. The minimum Gasteiger partial charge on any atom is -0.312 e. The second kappa shape index (κ2) is 5.03. The molecule has 0 radical (unpaired) electrons. The molecule has 19 heavy (non-hydrogen) atoms. The molecule has 1 atom stereocenters. The Morgan fingerprint density at radius 1 is 1.05 bits per heavy atom. The van der Waals surface area contributed by atoms with Gasteiger partial charge < -0.3 is 4.90 Å². The summed E-state index contributed by atoms with van der Waals surface area (Å²) >= 11 is 0. The number of amides is 3. The first kappa shape index (κ1) is 12.2. The van der Waals surface area contributed by atoms with E-state index in [-0.39, 0.29) is 18.0 Å². The first-order chi connectivity index (χ1) is 9.27. The van der Waals surface area contributed by atoms with Crippen LogP contribution in [0.5, 0.6) is 0 Å². The number of imide groups is 1. The maximum absolute atomic E-state index is 12.4. The van der Waals surface area contributed by atoms with Gasteiger partial charge in [0.05, 0.1) is 6.54 Å². The van der Waals surface area contributed by atoms with Gasteiger partial charge in [-0.25, -0.2) is 4.79 Å². The van der Waals surface area contributed by atoms with Crippen LogP contribution in [0.3, 0.4) is 0 Å². The highest BCUT2D eigenvalue weighted by Gasteiger charge is 2.44. The van der Waals surface area contributed by atoms with Gasteiger partial charge in [0.15, 0.2) is 0 Å². The van der Waals surface area contributed by atoms with E-state index in [1.165, 1.54) is 4.90 Å². The van der Waals surface area contributed by atoms with Crippen molar-refractivity contribution in [2.75, 3.05) is 6.54 Å². The predicted molar refractivity (Wildman–Crippen MR) is 71.4 cm³/mol. The largest absolute Gasteiger partial charge is 0.327 e. The van der Waals surface area contributed by atoms with Crippen LogP contribution in [0.1, 0.15) is 31.2 Å². The van der Waals surface area contributed by atoms with Gasteiger partial charge in [-0.1, -0.05) is 43.2 Å². The molecule has 4 heteroatoms. The summed E-state index contributed by atoms with van der Waals surface area (Å²) in [4.78, 5) is 27.9. The lowest BCUT2D eigenvalue weighted by Gasteiger charge is -2.18. The third kappa shape index (κ3) is 2.23. The molecular formula is C15H18N2O2. The van der Waals surface area contributed by atoms with Crippen LogP contribution in [-0.4, -0.2) is 34.3 Å². The summed E-state index contributed by atoms with van der Waals surface area (Å²) in [6.45, 7) is 1.12. The molecule has 2 heterocycles. The molecule has 0 aliphatic carbocycles. The van der Waals surface area contributed by atoms with E-state index >= 15 is 0 Å². The average Bonchev–Trinajstić information content (AvgIpc) is 2.65. The van der Waals surface area contributed by atoms with Crippen LogP contribution in [0.25, 0.3) is 0 Å². The van der Waals surface area contributed by atoms with Gasteiger partial charge in [0.25, 0.3) is 5.91 Å². The highest BCUT2D eigenvalue weighted by atomic mass is 16.2. The van der Waals surface area contributed by atoms with Gasteiger partial charge in [0.2, 0.25) is 0 Å². The van der Waals surface area contributed by atoms with Crippen molar-refractivity contribution in [3.63, 3.8) is 0 Å². The van der Waals surface area contributed by atoms with E-state index in [1.807, 2.05) is 30.3 Å². The van der Waals surface area contributed by atoms with Crippen molar-refractivity contribution in [2.45, 2.75) is 38.3 Å². The Morgan fingerprint density at radius 2 is 1.84 bits per heavy atom. The monoisotopic (exact) mass is 258 g/mol. The Kier molecular flexibility index (Phi) is 3.23. The molecule has 0 aromatic heterocycles. The molecule has 0 spiro atoms. The van der Waals surface area contributed by atoms with Crippen molar-refractivity contribution >= 4 is 11.9 Å². The number of nitrogens with zero attached hydrogens (tertiary/aromatic N) is 2. The lowest BCUT2D eigenvalue weighted by molar-refractivity contribution is -0.128. The highest BCUT2D eigenvalue weighted by molar-refractivity contribution is 6.04. The first-order valence-corrected chi connectivity index (χ1v) is 6.93. The van der Waals surface area contributed by atoms with E-state index < -0.39 is 0 Å². The maximum atomic E-state index is 12.4. The molecule has 4 nitrogen and oxygen atoms in total. The second-order valence-corrected chi connectivity index (χ2v) is 5.25. The summed E-state index contributed by atoms with van der Waals surface area (Å²) in [6, 6.07) is 9.37. The van der Waals surface area contributed by atoms with Gasteiger partial charge in [-0.2, -0.15) is 0 Å². The number of hydrogen-bond donors (Lipinski definition) is 0. The van der Waals surface area contributed by atoms with Gasteiger partial charge in [0.1, 0.15) is 6.04 Å². The van der Waals surface area contributed by atoms with Crippen LogP contribution in [-0.2, 0) is 11.3 Å². The molecule has 2 aliphatic heterocycles. The normalized spacial score (nSPS) is 23.5. The van der Waals surface area contributed by atoms with Crippen LogP contribution in [0.2, 0.25) is 0 Å². The fourth-order valence-electron chi connectivity index (χ4n) is 2.93. The molecule has 1 unspecified atom stereocenters. The van der Waals surface area contributed by atoms with Crippen LogP contribution in [0.4, 0.5) is 4.79 Å². The third-order valence-corrected chi connectivity index (χ3v) is 3.96. The van der Waals surface area contributed by atoms with Crippen LogP contribution in [0, 0.1) is 0 Å². The van der Waals surface area contributed by atoms with E-state index in [9.17, 15) is 9.59 Å². The first-order valence-electron chi connectivity index (χ1n) is 6.93. The number of hydrogen-bond acceptors (Lipinski definition) is 2. The smallest absolute Gasteiger partial charge is 0.312 e. The van der Waals surface area contributed by atoms with Crippen molar-refractivity contribution < 1.29 is 9.59 Å². The lowest BCUT2D eigenvalue weighted by atomic mass is 10.1. The van der Waals surface area contributed by atoms with Gasteiger partial charge >= 0.3 is 6.03 Å². The number of rotatable bonds is 2. The lowest BCUT2D eigenvalue weighted by Crippen LogP contribution is -2.34. The summed E-state index contributed by atoms with van der Waals surface area (Å²) in [6.07, 6.45) is 3.98. The van der Waals surface area contributed by atoms with Gasteiger partial charge in [-0.15, -0.1) is 0 Å². The van der Waals surface area contributed by atoms with Gasteiger partial charge in [-0.3, -0.25) is 9.69 Å². The van der Waals surface area contributed by atoms with E-state index in [1.54, 1.807) is 4.90 Å². The minimum absolute atomic E-state index is 0.0178. The Bertz CT molecular complexity index is 462. The summed E-state index contributed by atoms with van der Waals surface area (Å²) in [5.74, 6) is -0.0178. The second-order valence-electron chi connectivity index (χ2n) is 5.25. The van der Waals surface area contributed by atoms with Crippen molar-refractivity contribution in [1.29, 1.82) is 0 Å². The van der Waals surface area contributed by atoms with Crippen molar-refractivity contribution in [3.8, 4) is 0 Å². The van der Waals surface area contributed by atoms with E-state index in [2.05, 4.69) is 0 Å². The molecule has 2 aliphatic rings. The summed E-state index contributed by atoms with van der Waals surface area (Å²) in [5.41, 5.74) is 1.00. The van der Waals surface area contributed by atoms with E-state index in [0.29, 0.717) is 6.54 Å². The molecule has 3 amide bonds. The Hall–Kier alpha value is -1.84. The molecule has 1 aromatic carbocycles. The van der Waals surface area contributed by atoms with Gasteiger partial charge in [-0.05, 0) is 18.4 Å². The standard InChI is InChI=1S/C15H18N2O2/c18-14-13-9-5-2-6-10-16(13)15(19)17(14)11-12-7-3-1-4-8-12/h1,3-4,7-8,13H,2,5-6,9-11H2. The Labute approximate surface area is 113 Å². The summed E-state index contributed by atoms with van der Waals surface area (Å²) in [7, 11) is 0. The Balaban J connectivity index is 1.79. The summed E-state index contributed by atoms with van der Waals surface area (Å²) in [5, 5.41) is 0. The molecule has 0 saturated carbocycles. The van der Waals surface area contributed by atoms with E-state index in [4.69, 9.17) is 0 Å². The highest BCUT2D eigenvalue weighted by Crippen LogP contribution is 2.27. The molecule has 0 N–H and O–H groups in total. The number of fused-ring (bicyclic) bond motifs is 1. The fraction of sp³-hybridized carbons (Fsp3) is 0.467. The molecule has 3 rings (SSSR count). The summed E-state index contributed by atoms with van der Waals surface area (Å²) < 4.78 is 0. The predicted octanol–water partition coefficient (Wildman–Crippen LogP) is 2.39. The molecule has 0 bridgehead atoms. The zero-order valence-corrected chi connectivity index (χ0v) is 10.9. The SMILES string of the molecule is O=C1C2CCCCCN2C(=O)N1Cc1ccccc1. The topological polar surface area (TPSA) is 40.6 Å². The average molecular weight is 258 g/mol. The van der Waals surface area contributed by atoms with E-state index in [0.717, 1.165) is 37.8 Å². The molecule has 2 saturated heterocycles. The minimum atomic E-state index is -0.210.